The Kier molecular flexibility index (Phi) is 3.74. The van der Waals surface area contributed by atoms with Gasteiger partial charge in [-0.2, -0.15) is 0 Å². The molecule has 0 spiro atoms. The Hall–Kier alpha value is -1.49. The van der Waals surface area contributed by atoms with Crippen molar-refractivity contribution in [1.82, 2.24) is 10.3 Å². The van der Waals surface area contributed by atoms with Crippen molar-refractivity contribution >= 4 is 5.69 Å². The van der Waals surface area contributed by atoms with Crippen LogP contribution in [0.3, 0.4) is 0 Å². The van der Waals surface area contributed by atoms with Gasteiger partial charge in [-0.1, -0.05) is 0 Å². The molecule has 1 aromatic rings. The monoisotopic (exact) mass is 209 g/mol. The number of nitrogens with one attached hydrogen (secondary N) is 1. The summed E-state index contributed by atoms with van der Waals surface area (Å²) in [7, 11) is 1.83. The van der Waals surface area contributed by atoms with Crippen LogP contribution in [0.1, 0.15) is 18.3 Å². The summed E-state index contributed by atoms with van der Waals surface area (Å²) < 4.78 is 0. The highest BCUT2D eigenvalue weighted by molar-refractivity contribution is 5.36. The molecular weight excluding hydrogens is 194 g/mol. The number of nitro groups is 1. The number of pyridine rings is 1. The van der Waals surface area contributed by atoms with Crippen LogP contribution < -0.4 is 5.32 Å². The van der Waals surface area contributed by atoms with Crippen molar-refractivity contribution in [1.29, 1.82) is 0 Å². The molecule has 0 saturated carbocycles. The number of hydrogen-bond donors (Lipinski definition) is 1. The number of aromatic nitrogens is 1. The van der Waals surface area contributed by atoms with E-state index in [0.717, 1.165) is 5.69 Å². The molecule has 15 heavy (non-hydrogen) atoms. The molecule has 5 nitrogen and oxygen atoms in total. The maximum absolute atomic E-state index is 10.7. The van der Waals surface area contributed by atoms with Crippen molar-refractivity contribution < 1.29 is 4.92 Å². The SMILES string of the molecule is CNC(C)Cc1nc(C)ccc1[N+](=O)[O-]. The number of rotatable bonds is 4. The molecule has 1 rings (SSSR count). The summed E-state index contributed by atoms with van der Waals surface area (Å²) in [5.74, 6) is 0. The number of nitrogens with zero attached hydrogens (tertiary/aromatic N) is 2. The summed E-state index contributed by atoms with van der Waals surface area (Å²) >= 11 is 0. The van der Waals surface area contributed by atoms with E-state index in [4.69, 9.17) is 0 Å². The van der Waals surface area contributed by atoms with Crippen LogP contribution in [0.2, 0.25) is 0 Å². The molecule has 1 unspecified atom stereocenters. The van der Waals surface area contributed by atoms with Crippen LogP contribution in [0.25, 0.3) is 0 Å². The number of likely N-dealkylation sites (N-methyl/N-ethyl adjacent to an activating group) is 1. The van der Waals surface area contributed by atoms with Crippen molar-refractivity contribution in [2.75, 3.05) is 7.05 Å². The Morgan fingerprint density at radius 1 is 1.60 bits per heavy atom. The Labute approximate surface area is 88.7 Å². The minimum Gasteiger partial charge on any atom is -0.317 e. The lowest BCUT2D eigenvalue weighted by atomic mass is 10.1. The van der Waals surface area contributed by atoms with Gasteiger partial charge in [-0.15, -0.1) is 0 Å². The summed E-state index contributed by atoms with van der Waals surface area (Å²) in [6.45, 7) is 3.80. The van der Waals surface area contributed by atoms with Crippen LogP contribution in [-0.2, 0) is 6.42 Å². The molecule has 0 aliphatic rings. The van der Waals surface area contributed by atoms with Crippen LogP contribution in [0.5, 0.6) is 0 Å². The Balaban J connectivity index is 3.02. The lowest BCUT2D eigenvalue weighted by molar-refractivity contribution is -0.386. The van der Waals surface area contributed by atoms with Gasteiger partial charge in [0.15, 0.2) is 0 Å². The zero-order chi connectivity index (χ0) is 11.4. The maximum atomic E-state index is 10.7. The van der Waals surface area contributed by atoms with Crippen LogP contribution in [0.4, 0.5) is 5.69 Å². The van der Waals surface area contributed by atoms with Gasteiger partial charge >= 0.3 is 0 Å². The minimum atomic E-state index is -0.385. The quantitative estimate of drug-likeness (QED) is 0.602. The first kappa shape index (κ1) is 11.6. The molecule has 0 aromatic carbocycles. The van der Waals surface area contributed by atoms with E-state index in [1.165, 1.54) is 6.07 Å². The summed E-state index contributed by atoms with van der Waals surface area (Å²) in [6, 6.07) is 3.35. The first-order valence-electron chi connectivity index (χ1n) is 4.82. The predicted octanol–water partition coefficient (Wildman–Crippen LogP) is 1.45. The van der Waals surface area contributed by atoms with Crippen LogP contribution in [-0.4, -0.2) is 23.0 Å². The van der Waals surface area contributed by atoms with Crippen molar-refractivity contribution in [2.45, 2.75) is 26.3 Å². The van der Waals surface area contributed by atoms with E-state index in [1.807, 2.05) is 20.9 Å². The fraction of sp³-hybridized carbons (Fsp3) is 0.500. The molecule has 0 aliphatic heterocycles. The molecule has 0 amide bonds. The molecule has 0 radical (unpaired) electrons. The van der Waals surface area contributed by atoms with Crippen LogP contribution >= 0.6 is 0 Å². The third kappa shape index (κ3) is 2.99. The standard InChI is InChI=1S/C10H15N3O2/c1-7-4-5-10(13(14)15)9(12-7)6-8(2)11-3/h4-5,8,11H,6H2,1-3H3. The summed E-state index contributed by atoms with van der Waals surface area (Å²) in [5, 5.41) is 13.8. The Bertz CT molecular complexity index is 366. The Morgan fingerprint density at radius 2 is 2.27 bits per heavy atom. The largest absolute Gasteiger partial charge is 0.317 e. The second-order valence-electron chi connectivity index (χ2n) is 3.57. The van der Waals surface area contributed by atoms with Gasteiger partial charge in [-0.05, 0) is 27.0 Å². The second-order valence-corrected chi connectivity index (χ2v) is 3.57. The molecule has 0 bridgehead atoms. The van der Waals surface area contributed by atoms with Gasteiger partial charge in [0.1, 0.15) is 5.69 Å². The highest BCUT2D eigenvalue weighted by atomic mass is 16.6. The van der Waals surface area contributed by atoms with Crippen LogP contribution in [0.15, 0.2) is 12.1 Å². The van der Waals surface area contributed by atoms with Crippen molar-refractivity contribution in [2.24, 2.45) is 0 Å². The maximum Gasteiger partial charge on any atom is 0.290 e. The van der Waals surface area contributed by atoms with E-state index < -0.39 is 0 Å². The van der Waals surface area contributed by atoms with Gasteiger partial charge in [0.05, 0.1) is 4.92 Å². The number of hydrogen-bond acceptors (Lipinski definition) is 4. The zero-order valence-electron chi connectivity index (χ0n) is 9.15. The fourth-order valence-corrected chi connectivity index (χ4v) is 1.31. The molecule has 5 heteroatoms. The highest BCUT2D eigenvalue weighted by Crippen LogP contribution is 2.18. The van der Waals surface area contributed by atoms with E-state index in [2.05, 4.69) is 10.3 Å². The molecule has 82 valence electrons. The third-order valence-electron chi connectivity index (χ3n) is 2.28. The predicted molar refractivity (Wildman–Crippen MR) is 57.9 cm³/mol. The van der Waals surface area contributed by atoms with Crippen molar-refractivity contribution in [3.63, 3.8) is 0 Å². The van der Waals surface area contributed by atoms with Gasteiger partial charge in [0, 0.05) is 24.2 Å². The molecule has 1 atom stereocenters. The van der Waals surface area contributed by atoms with Gasteiger partial charge in [-0.3, -0.25) is 15.1 Å². The summed E-state index contributed by atoms with van der Waals surface area (Å²) in [5.41, 5.74) is 1.45. The second kappa shape index (κ2) is 4.84. The molecular formula is C10H15N3O2. The van der Waals surface area contributed by atoms with E-state index in [0.29, 0.717) is 12.1 Å². The summed E-state index contributed by atoms with van der Waals surface area (Å²) in [6.07, 6.45) is 0.564. The lowest BCUT2D eigenvalue weighted by Crippen LogP contribution is -2.24. The van der Waals surface area contributed by atoms with Gasteiger partial charge in [0.2, 0.25) is 0 Å². The molecule has 0 fully saturated rings. The van der Waals surface area contributed by atoms with E-state index in [1.54, 1.807) is 6.07 Å². The van der Waals surface area contributed by atoms with E-state index in [-0.39, 0.29) is 16.7 Å². The average molecular weight is 209 g/mol. The molecule has 0 saturated heterocycles. The van der Waals surface area contributed by atoms with E-state index in [9.17, 15) is 10.1 Å². The fourth-order valence-electron chi connectivity index (χ4n) is 1.31. The first-order chi connectivity index (χ1) is 7.04. The average Bonchev–Trinajstić information content (AvgIpc) is 2.17. The van der Waals surface area contributed by atoms with Gasteiger partial charge in [0.25, 0.3) is 5.69 Å². The normalized spacial score (nSPS) is 12.5. The van der Waals surface area contributed by atoms with Gasteiger partial charge in [-0.25, -0.2) is 0 Å². The zero-order valence-corrected chi connectivity index (χ0v) is 9.15. The molecule has 1 N–H and O–H groups in total. The minimum absolute atomic E-state index is 0.0997. The van der Waals surface area contributed by atoms with E-state index >= 15 is 0 Å². The number of aryl methyl sites for hydroxylation is 1. The van der Waals surface area contributed by atoms with Gasteiger partial charge < -0.3 is 5.32 Å². The molecule has 0 aliphatic carbocycles. The molecule has 1 heterocycles. The van der Waals surface area contributed by atoms with Crippen LogP contribution in [0, 0.1) is 17.0 Å². The summed E-state index contributed by atoms with van der Waals surface area (Å²) in [4.78, 5) is 14.6. The smallest absolute Gasteiger partial charge is 0.290 e. The first-order valence-corrected chi connectivity index (χ1v) is 4.82. The topological polar surface area (TPSA) is 68.1 Å². The Morgan fingerprint density at radius 3 is 2.80 bits per heavy atom. The lowest BCUT2D eigenvalue weighted by Gasteiger charge is -2.09. The molecule has 1 aromatic heterocycles. The highest BCUT2D eigenvalue weighted by Gasteiger charge is 2.16. The third-order valence-corrected chi connectivity index (χ3v) is 2.28. The van der Waals surface area contributed by atoms with Crippen molar-refractivity contribution in [3.05, 3.63) is 33.6 Å². The van der Waals surface area contributed by atoms with Crippen molar-refractivity contribution in [3.8, 4) is 0 Å².